The number of hydrogen-bond acceptors (Lipinski definition) is 2. The van der Waals surface area contributed by atoms with E-state index in [0.717, 1.165) is 23.7 Å². The van der Waals surface area contributed by atoms with E-state index in [1.54, 1.807) is 12.1 Å². The van der Waals surface area contributed by atoms with Gasteiger partial charge in [0, 0.05) is 29.5 Å². The lowest BCUT2D eigenvalue weighted by Crippen LogP contribution is -2.91. The molecule has 2 aromatic carbocycles. The van der Waals surface area contributed by atoms with E-state index >= 15 is 0 Å². The summed E-state index contributed by atoms with van der Waals surface area (Å²) in [6.07, 6.45) is 8.41. The Morgan fingerprint density at radius 3 is 2.55 bits per heavy atom. The summed E-state index contributed by atoms with van der Waals surface area (Å²) in [5.74, 6) is 0.705. The lowest BCUT2D eigenvalue weighted by molar-refractivity contribution is -0.732. The number of nitro benzene ring substituents is 1. The molecular weight excluding hydrogens is 362 g/mol. The minimum absolute atomic E-state index is 0.185. The van der Waals surface area contributed by atoms with Crippen LogP contribution >= 0.6 is 0 Å². The second-order valence-corrected chi connectivity index (χ2v) is 8.72. The summed E-state index contributed by atoms with van der Waals surface area (Å²) in [7, 11) is 0. The zero-order chi connectivity index (χ0) is 19.8. The van der Waals surface area contributed by atoms with Crippen LogP contribution in [0.4, 0.5) is 5.69 Å². The Bertz CT molecular complexity index is 1020. The normalized spacial score (nSPS) is 24.3. The van der Waals surface area contributed by atoms with E-state index in [1.807, 2.05) is 6.07 Å². The van der Waals surface area contributed by atoms with E-state index in [0.29, 0.717) is 18.0 Å². The van der Waals surface area contributed by atoms with Gasteiger partial charge in [0.15, 0.2) is 0 Å². The third kappa shape index (κ3) is 3.55. The number of nitrogens with zero attached hydrogens (tertiary/aromatic N) is 1. The first kappa shape index (κ1) is 18.4. The van der Waals surface area contributed by atoms with Gasteiger partial charge in [0.05, 0.1) is 16.7 Å². The molecule has 2 aliphatic rings. The highest BCUT2D eigenvalue weighted by atomic mass is 16.6. The number of aromatic amines is 1. The number of aryl methyl sites for hydroxylation is 1. The summed E-state index contributed by atoms with van der Waals surface area (Å²) in [4.78, 5) is 14.5. The highest BCUT2D eigenvalue weighted by molar-refractivity contribution is 5.87. The van der Waals surface area contributed by atoms with Crippen molar-refractivity contribution in [1.82, 2.24) is 4.98 Å². The van der Waals surface area contributed by atoms with Gasteiger partial charge in [-0.3, -0.25) is 10.1 Å². The van der Waals surface area contributed by atoms with Gasteiger partial charge in [-0.05, 0) is 61.6 Å². The monoisotopic (exact) mass is 390 g/mol. The Labute approximate surface area is 170 Å². The standard InChI is InChI=1S/C24H27N3O2/c28-27(29)19-13-14-22-21(15-19)20-7-4-8-23(24(20)26-22)25-18-11-9-17(10-12-18)16-5-2-1-3-6-16/h1-3,5-6,13-15,17-18,23,25-26H,4,7-12H2/p+1/t17?,18?,23-/m1/s1. The van der Waals surface area contributed by atoms with E-state index in [4.69, 9.17) is 0 Å². The molecule has 1 fully saturated rings. The third-order valence-corrected chi connectivity index (χ3v) is 6.99. The zero-order valence-corrected chi connectivity index (χ0v) is 16.6. The third-order valence-electron chi connectivity index (χ3n) is 6.99. The molecule has 3 aromatic rings. The van der Waals surface area contributed by atoms with Crippen LogP contribution in [-0.4, -0.2) is 15.9 Å². The number of nitrogens with one attached hydrogen (secondary N) is 1. The van der Waals surface area contributed by atoms with Crippen LogP contribution in [-0.2, 0) is 6.42 Å². The van der Waals surface area contributed by atoms with E-state index in [9.17, 15) is 10.1 Å². The number of quaternary nitrogens is 1. The molecule has 1 saturated carbocycles. The number of fused-ring (bicyclic) bond motifs is 3. The molecule has 0 aliphatic heterocycles. The van der Waals surface area contributed by atoms with Crippen molar-refractivity contribution in [1.29, 1.82) is 0 Å². The van der Waals surface area contributed by atoms with Gasteiger partial charge >= 0.3 is 0 Å². The molecule has 3 N–H and O–H groups in total. The Kier molecular flexibility index (Phi) is 4.84. The van der Waals surface area contributed by atoms with Gasteiger partial charge < -0.3 is 10.3 Å². The lowest BCUT2D eigenvalue weighted by atomic mass is 9.81. The first-order valence-electron chi connectivity index (χ1n) is 10.9. The second-order valence-electron chi connectivity index (χ2n) is 8.72. The SMILES string of the molecule is O=[N+]([O-])c1ccc2[nH]c3c(c2c1)CCC[C@H]3[NH2+]C1CCC(c2ccccc2)CC1. The van der Waals surface area contributed by atoms with Crippen molar-refractivity contribution < 1.29 is 10.2 Å². The largest absolute Gasteiger partial charge is 0.353 e. The summed E-state index contributed by atoms with van der Waals surface area (Å²) in [6.45, 7) is 0. The highest BCUT2D eigenvalue weighted by Crippen LogP contribution is 2.36. The molecule has 0 saturated heterocycles. The van der Waals surface area contributed by atoms with Crippen LogP contribution in [0.5, 0.6) is 0 Å². The molecule has 29 heavy (non-hydrogen) atoms. The molecule has 1 atom stereocenters. The smallest absolute Gasteiger partial charge is 0.270 e. The van der Waals surface area contributed by atoms with Gasteiger partial charge in [0.25, 0.3) is 5.69 Å². The van der Waals surface area contributed by atoms with Crippen LogP contribution in [0, 0.1) is 10.1 Å². The number of benzene rings is 2. The summed E-state index contributed by atoms with van der Waals surface area (Å²) >= 11 is 0. The van der Waals surface area contributed by atoms with Crippen LogP contribution in [0.1, 0.15) is 67.3 Å². The molecule has 0 radical (unpaired) electrons. The maximum absolute atomic E-state index is 11.2. The number of rotatable bonds is 4. The Morgan fingerprint density at radius 2 is 1.79 bits per heavy atom. The number of nitrogens with two attached hydrogens (primary N) is 1. The van der Waals surface area contributed by atoms with Crippen molar-refractivity contribution >= 4 is 16.6 Å². The Balaban J connectivity index is 1.31. The zero-order valence-electron chi connectivity index (χ0n) is 16.6. The molecule has 1 aromatic heterocycles. The maximum atomic E-state index is 11.2. The van der Waals surface area contributed by atoms with Gasteiger partial charge in [-0.25, -0.2) is 0 Å². The molecule has 5 nitrogen and oxygen atoms in total. The number of H-pyrrole nitrogens is 1. The van der Waals surface area contributed by atoms with E-state index in [2.05, 4.69) is 40.6 Å². The van der Waals surface area contributed by atoms with Crippen molar-refractivity contribution in [2.24, 2.45) is 0 Å². The number of non-ortho nitro benzene ring substituents is 1. The van der Waals surface area contributed by atoms with Crippen LogP contribution in [0.3, 0.4) is 0 Å². The van der Waals surface area contributed by atoms with Crippen LogP contribution < -0.4 is 5.32 Å². The molecule has 0 bridgehead atoms. The van der Waals surface area contributed by atoms with Crippen molar-refractivity contribution in [2.75, 3.05) is 0 Å². The van der Waals surface area contributed by atoms with Gasteiger partial charge in [-0.1, -0.05) is 30.3 Å². The average molecular weight is 391 g/mol. The molecule has 0 spiro atoms. The molecule has 2 aliphatic carbocycles. The van der Waals surface area contributed by atoms with Gasteiger partial charge in [-0.15, -0.1) is 0 Å². The quantitative estimate of drug-likeness (QED) is 0.498. The number of aromatic nitrogens is 1. The summed E-state index contributed by atoms with van der Waals surface area (Å²) in [6, 6.07) is 17.3. The Morgan fingerprint density at radius 1 is 1.00 bits per heavy atom. The molecule has 1 heterocycles. The molecular formula is C24H28N3O2+. The molecule has 150 valence electrons. The first-order valence-corrected chi connectivity index (χ1v) is 10.9. The van der Waals surface area contributed by atoms with Crippen molar-refractivity contribution in [3.63, 3.8) is 0 Å². The highest BCUT2D eigenvalue weighted by Gasteiger charge is 2.32. The van der Waals surface area contributed by atoms with Gasteiger partial charge in [-0.2, -0.15) is 0 Å². The minimum atomic E-state index is -0.295. The fourth-order valence-electron chi connectivity index (χ4n) is 5.49. The number of nitro groups is 1. The molecule has 5 rings (SSSR count). The second kappa shape index (κ2) is 7.64. The van der Waals surface area contributed by atoms with Gasteiger partial charge in [0.2, 0.25) is 0 Å². The van der Waals surface area contributed by atoms with Gasteiger partial charge in [0.1, 0.15) is 6.04 Å². The van der Waals surface area contributed by atoms with Crippen molar-refractivity contribution in [3.05, 3.63) is 75.5 Å². The van der Waals surface area contributed by atoms with Crippen molar-refractivity contribution in [2.45, 2.75) is 62.9 Å². The predicted octanol–water partition coefficient (Wildman–Crippen LogP) is 4.74. The number of hydrogen-bond donors (Lipinski definition) is 2. The fraction of sp³-hybridized carbons (Fsp3) is 0.417. The summed E-state index contributed by atoms with van der Waals surface area (Å²) in [5, 5.41) is 14.8. The van der Waals surface area contributed by atoms with E-state index < -0.39 is 0 Å². The fourth-order valence-corrected chi connectivity index (χ4v) is 5.49. The summed E-state index contributed by atoms with van der Waals surface area (Å²) in [5.41, 5.74) is 5.31. The minimum Gasteiger partial charge on any atom is -0.353 e. The average Bonchev–Trinajstić information content (AvgIpc) is 3.14. The van der Waals surface area contributed by atoms with Crippen LogP contribution in [0.2, 0.25) is 0 Å². The molecule has 0 amide bonds. The molecule has 5 heteroatoms. The van der Waals surface area contributed by atoms with Crippen molar-refractivity contribution in [3.8, 4) is 0 Å². The van der Waals surface area contributed by atoms with E-state index in [-0.39, 0.29) is 10.6 Å². The Hall–Kier alpha value is -2.66. The van der Waals surface area contributed by atoms with Crippen LogP contribution in [0.25, 0.3) is 10.9 Å². The lowest BCUT2D eigenvalue weighted by Gasteiger charge is -2.31. The van der Waals surface area contributed by atoms with E-state index in [1.165, 1.54) is 48.9 Å². The topological polar surface area (TPSA) is 75.5 Å². The maximum Gasteiger partial charge on any atom is 0.270 e. The predicted molar refractivity (Wildman–Crippen MR) is 114 cm³/mol. The van der Waals surface area contributed by atoms with Crippen LogP contribution in [0.15, 0.2) is 48.5 Å². The molecule has 0 unspecified atom stereocenters. The summed E-state index contributed by atoms with van der Waals surface area (Å²) < 4.78 is 0. The first-order chi connectivity index (χ1) is 14.2.